The second kappa shape index (κ2) is 6.78. The van der Waals surface area contributed by atoms with Crippen molar-refractivity contribution in [2.24, 2.45) is 17.8 Å². The minimum absolute atomic E-state index is 0.270. The maximum absolute atomic E-state index is 3.73. The molecule has 102 valence electrons. The first kappa shape index (κ1) is 15.0. The maximum Gasteiger partial charge on any atom is 0.00966 e. The Kier molecular flexibility index (Phi) is 5.99. The first-order valence-corrected chi connectivity index (χ1v) is 7.69. The third-order valence-corrected chi connectivity index (χ3v) is 4.49. The molecule has 0 heterocycles. The van der Waals surface area contributed by atoms with Crippen LogP contribution >= 0.6 is 0 Å². The summed E-state index contributed by atoms with van der Waals surface area (Å²) in [6.45, 7) is 12.9. The molecule has 0 aliphatic heterocycles. The minimum atomic E-state index is 0.270. The fourth-order valence-electron chi connectivity index (χ4n) is 3.16. The summed E-state index contributed by atoms with van der Waals surface area (Å²) in [4.78, 5) is 0. The van der Waals surface area contributed by atoms with Crippen LogP contribution in [0, 0.1) is 17.8 Å². The molecule has 0 amide bonds. The van der Waals surface area contributed by atoms with Crippen LogP contribution in [0.3, 0.4) is 0 Å². The van der Waals surface area contributed by atoms with Crippen LogP contribution in [-0.2, 0) is 0 Å². The summed E-state index contributed by atoms with van der Waals surface area (Å²) in [5.41, 5.74) is 0.270. The van der Waals surface area contributed by atoms with Gasteiger partial charge in [-0.25, -0.2) is 0 Å². The van der Waals surface area contributed by atoms with Gasteiger partial charge in [0.2, 0.25) is 0 Å². The Morgan fingerprint density at radius 1 is 1.12 bits per heavy atom. The van der Waals surface area contributed by atoms with Crippen molar-refractivity contribution in [3.63, 3.8) is 0 Å². The van der Waals surface area contributed by atoms with Gasteiger partial charge in [0.1, 0.15) is 0 Å². The Morgan fingerprint density at radius 3 is 2.35 bits per heavy atom. The van der Waals surface area contributed by atoms with E-state index in [0.29, 0.717) is 0 Å². The number of hydrogen-bond donors (Lipinski definition) is 1. The number of rotatable bonds is 4. The van der Waals surface area contributed by atoms with Crippen LogP contribution in [0.25, 0.3) is 0 Å². The molecular formula is C16H33N. The van der Waals surface area contributed by atoms with E-state index in [1.807, 2.05) is 0 Å². The molecule has 0 aromatic heterocycles. The molecule has 0 saturated heterocycles. The van der Waals surface area contributed by atoms with Crippen LogP contribution in [0.1, 0.15) is 73.1 Å². The Hall–Kier alpha value is -0.0400. The molecule has 1 fully saturated rings. The molecular weight excluding hydrogens is 206 g/mol. The molecule has 0 aromatic carbocycles. The Balaban J connectivity index is 2.56. The SMILES string of the molecule is CCC(C)C1CCCCCC1CNC(C)(C)C. The normalized spacial score (nSPS) is 28.8. The first-order chi connectivity index (χ1) is 7.94. The van der Waals surface area contributed by atoms with E-state index >= 15 is 0 Å². The van der Waals surface area contributed by atoms with Gasteiger partial charge >= 0.3 is 0 Å². The molecule has 1 heteroatoms. The summed E-state index contributed by atoms with van der Waals surface area (Å²) < 4.78 is 0. The van der Waals surface area contributed by atoms with Gasteiger partial charge in [-0.2, -0.15) is 0 Å². The largest absolute Gasteiger partial charge is 0.312 e. The van der Waals surface area contributed by atoms with Gasteiger partial charge in [0.05, 0.1) is 0 Å². The van der Waals surface area contributed by atoms with E-state index < -0.39 is 0 Å². The average Bonchev–Trinajstić information content (AvgIpc) is 2.49. The lowest BCUT2D eigenvalue weighted by Gasteiger charge is -2.33. The van der Waals surface area contributed by atoms with Crippen LogP contribution < -0.4 is 5.32 Å². The summed E-state index contributed by atoms with van der Waals surface area (Å²) in [6.07, 6.45) is 8.61. The summed E-state index contributed by atoms with van der Waals surface area (Å²) in [5, 5.41) is 3.73. The molecule has 0 radical (unpaired) electrons. The van der Waals surface area contributed by atoms with Crippen molar-refractivity contribution in [1.82, 2.24) is 5.32 Å². The number of hydrogen-bond acceptors (Lipinski definition) is 1. The second-order valence-electron chi connectivity index (χ2n) is 7.08. The van der Waals surface area contributed by atoms with Crippen molar-refractivity contribution in [2.45, 2.75) is 78.7 Å². The summed E-state index contributed by atoms with van der Waals surface area (Å²) in [7, 11) is 0. The predicted octanol–water partition coefficient (Wildman–Crippen LogP) is 4.62. The highest BCUT2D eigenvalue weighted by atomic mass is 14.9. The van der Waals surface area contributed by atoms with Crippen molar-refractivity contribution in [3.8, 4) is 0 Å². The third kappa shape index (κ3) is 5.42. The van der Waals surface area contributed by atoms with Crippen molar-refractivity contribution < 1.29 is 0 Å². The standard InChI is InChI=1S/C16H33N/c1-6-13(2)15-11-9-7-8-10-14(15)12-17-16(3,4)5/h13-15,17H,6-12H2,1-5H3. The molecule has 1 aliphatic carbocycles. The van der Waals surface area contributed by atoms with E-state index in [1.165, 1.54) is 45.1 Å². The monoisotopic (exact) mass is 239 g/mol. The van der Waals surface area contributed by atoms with E-state index in [1.54, 1.807) is 0 Å². The minimum Gasteiger partial charge on any atom is -0.312 e. The van der Waals surface area contributed by atoms with E-state index in [0.717, 1.165) is 17.8 Å². The highest BCUT2D eigenvalue weighted by Crippen LogP contribution is 2.35. The van der Waals surface area contributed by atoms with Crippen molar-refractivity contribution in [2.75, 3.05) is 6.54 Å². The lowest BCUT2D eigenvalue weighted by molar-refractivity contribution is 0.202. The van der Waals surface area contributed by atoms with Crippen LogP contribution in [-0.4, -0.2) is 12.1 Å². The van der Waals surface area contributed by atoms with Gasteiger partial charge in [0.15, 0.2) is 0 Å². The zero-order valence-electron chi connectivity index (χ0n) is 12.7. The lowest BCUT2D eigenvalue weighted by Crippen LogP contribution is -2.41. The molecule has 3 unspecified atom stereocenters. The van der Waals surface area contributed by atoms with Gasteiger partial charge in [-0.1, -0.05) is 39.5 Å². The van der Waals surface area contributed by atoms with Gasteiger partial charge in [0.25, 0.3) is 0 Å². The summed E-state index contributed by atoms with van der Waals surface area (Å²) in [6, 6.07) is 0. The fraction of sp³-hybridized carbons (Fsp3) is 1.00. The Labute approximate surface area is 109 Å². The zero-order chi connectivity index (χ0) is 12.9. The molecule has 1 saturated carbocycles. The van der Waals surface area contributed by atoms with Gasteiger partial charge < -0.3 is 5.32 Å². The molecule has 1 rings (SSSR count). The van der Waals surface area contributed by atoms with Crippen molar-refractivity contribution in [3.05, 3.63) is 0 Å². The average molecular weight is 239 g/mol. The summed E-state index contributed by atoms with van der Waals surface area (Å²) >= 11 is 0. The van der Waals surface area contributed by atoms with Crippen LogP contribution in [0.15, 0.2) is 0 Å². The Bertz CT molecular complexity index is 204. The van der Waals surface area contributed by atoms with E-state index in [4.69, 9.17) is 0 Å². The highest BCUT2D eigenvalue weighted by Gasteiger charge is 2.28. The molecule has 17 heavy (non-hydrogen) atoms. The Morgan fingerprint density at radius 2 is 1.76 bits per heavy atom. The van der Waals surface area contributed by atoms with Crippen LogP contribution in [0.5, 0.6) is 0 Å². The quantitative estimate of drug-likeness (QED) is 0.706. The molecule has 0 bridgehead atoms. The van der Waals surface area contributed by atoms with Gasteiger partial charge in [-0.15, -0.1) is 0 Å². The van der Waals surface area contributed by atoms with Gasteiger partial charge in [-0.05, 0) is 57.9 Å². The fourth-order valence-corrected chi connectivity index (χ4v) is 3.16. The van der Waals surface area contributed by atoms with E-state index in [2.05, 4.69) is 39.9 Å². The highest BCUT2D eigenvalue weighted by molar-refractivity contribution is 4.81. The van der Waals surface area contributed by atoms with Crippen molar-refractivity contribution >= 4 is 0 Å². The third-order valence-electron chi connectivity index (χ3n) is 4.49. The smallest absolute Gasteiger partial charge is 0.00966 e. The second-order valence-corrected chi connectivity index (χ2v) is 7.08. The maximum atomic E-state index is 3.73. The van der Waals surface area contributed by atoms with Gasteiger partial charge in [-0.3, -0.25) is 0 Å². The molecule has 3 atom stereocenters. The molecule has 0 aromatic rings. The molecule has 1 nitrogen and oxygen atoms in total. The zero-order valence-corrected chi connectivity index (χ0v) is 12.7. The van der Waals surface area contributed by atoms with Crippen molar-refractivity contribution in [1.29, 1.82) is 0 Å². The summed E-state index contributed by atoms with van der Waals surface area (Å²) in [5.74, 6) is 2.77. The lowest BCUT2D eigenvalue weighted by atomic mass is 9.78. The number of nitrogens with one attached hydrogen (secondary N) is 1. The predicted molar refractivity (Wildman–Crippen MR) is 77.3 cm³/mol. The van der Waals surface area contributed by atoms with E-state index in [-0.39, 0.29) is 5.54 Å². The molecule has 1 aliphatic rings. The first-order valence-electron chi connectivity index (χ1n) is 7.69. The van der Waals surface area contributed by atoms with Gasteiger partial charge in [0, 0.05) is 5.54 Å². The molecule has 0 spiro atoms. The van der Waals surface area contributed by atoms with Crippen LogP contribution in [0.2, 0.25) is 0 Å². The van der Waals surface area contributed by atoms with Crippen LogP contribution in [0.4, 0.5) is 0 Å². The van der Waals surface area contributed by atoms with E-state index in [9.17, 15) is 0 Å². The topological polar surface area (TPSA) is 12.0 Å². The molecule has 1 N–H and O–H groups in total.